The van der Waals surface area contributed by atoms with Gasteiger partial charge in [0.1, 0.15) is 0 Å². The Bertz CT molecular complexity index is 461. The number of unbranched alkanes of at least 4 members (excludes halogenated alkanes) is 2. The first-order valence-corrected chi connectivity index (χ1v) is 10.6. The topological polar surface area (TPSA) is 26.0 Å². The van der Waals surface area contributed by atoms with E-state index in [4.69, 9.17) is 5.73 Å². The quantitative estimate of drug-likeness (QED) is 0.445. The van der Waals surface area contributed by atoms with Crippen LogP contribution in [-0.4, -0.2) is 0 Å². The number of hydrogen-bond donors (Lipinski definition) is 1. The van der Waals surface area contributed by atoms with Gasteiger partial charge in [-0.2, -0.15) is 0 Å². The van der Waals surface area contributed by atoms with E-state index in [1.165, 1.54) is 82.6 Å². The molecule has 1 aromatic carbocycles. The van der Waals surface area contributed by atoms with E-state index in [0.717, 1.165) is 29.4 Å². The Balaban J connectivity index is 1.40. The van der Waals surface area contributed by atoms with Gasteiger partial charge < -0.3 is 5.73 Å². The first-order chi connectivity index (χ1) is 11.8. The largest absolute Gasteiger partial charge is 0.399 e. The Labute approximate surface area is 149 Å². The molecule has 3 rings (SSSR count). The van der Waals surface area contributed by atoms with Gasteiger partial charge in [0, 0.05) is 5.69 Å². The van der Waals surface area contributed by atoms with Gasteiger partial charge in [-0.05, 0) is 79.9 Å². The molecular formula is C23H37N. The number of benzene rings is 1. The van der Waals surface area contributed by atoms with E-state index in [9.17, 15) is 0 Å². The van der Waals surface area contributed by atoms with E-state index in [1.54, 1.807) is 0 Å². The van der Waals surface area contributed by atoms with Gasteiger partial charge in [-0.3, -0.25) is 0 Å². The second kappa shape index (κ2) is 8.92. The molecule has 2 aliphatic rings. The molecule has 0 unspecified atom stereocenters. The summed E-state index contributed by atoms with van der Waals surface area (Å²) in [4.78, 5) is 0. The van der Waals surface area contributed by atoms with Crippen LogP contribution in [0, 0.1) is 17.8 Å². The summed E-state index contributed by atoms with van der Waals surface area (Å²) < 4.78 is 0. The summed E-state index contributed by atoms with van der Waals surface area (Å²) in [5.41, 5.74) is 8.23. The maximum absolute atomic E-state index is 5.83. The van der Waals surface area contributed by atoms with E-state index < -0.39 is 0 Å². The molecule has 24 heavy (non-hydrogen) atoms. The van der Waals surface area contributed by atoms with Gasteiger partial charge in [0.2, 0.25) is 0 Å². The first kappa shape index (κ1) is 17.8. The van der Waals surface area contributed by atoms with Gasteiger partial charge in [0.15, 0.2) is 0 Å². The molecule has 134 valence electrons. The minimum Gasteiger partial charge on any atom is -0.399 e. The SMILES string of the molecule is CCCCCC1CCC([C@H]2CC[C@H](c3ccc(N)cc3)CC2)CC1. The van der Waals surface area contributed by atoms with Gasteiger partial charge >= 0.3 is 0 Å². The molecule has 0 heterocycles. The smallest absolute Gasteiger partial charge is 0.0314 e. The predicted octanol–water partition coefficient (Wildman–Crippen LogP) is 6.93. The van der Waals surface area contributed by atoms with Crippen molar-refractivity contribution in [2.75, 3.05) is 5.73 Å². The summed E-state index contributed by atoms with van der Waals surface area (Å²) in [6, 6.07) is 8.64. The zero-order chi connectivity index (χ0) is 16.8. The number of nitrogen functional groups attached to an aromatic ring is 1. The summed E-state index contributed by atoms with van der Waals surface area (Å²) in [6.07, 6.45) is 17.6. The highest BCUT2D eigenvalue weighted by Crippen LogP contribution is 2.44. The van der Waals surface area contributed by atoms with Crippen molar-refractivity contribution in [1.29, 1.82) is 0 Å². The van der Waals surface area contributed by atoms with E-state index in [2.05, 4.69) is 31.2 Å². The molecule has 0 radical (unpaired) electrons. The Hall–Kier alpha value is -0.980. The molecule has 0 aliphatic heterocycles. The number of rotatable bonds is 6. The summed E-state index contributed by atoms with van der Waals surface area (Å²) in [5, 5.41) is 0. The van der Waals surface area contributed by atoms with Gasteiger partial charge in [-0.15, -0.1) is 0 Å². The van der Waals surface area contributed by atoms with Crippen molar-refractivity contribution in [3.05, 3.63) is 29.8 Å². The fourth-order valence-electron chi connectivity index (χ4n) is 5.32. The zero-order valence-corrected chi connectivity index (χ0v) is 15.7. The number of anilines is 1. The van der Waals surface area contributed by atoms with Crippen molar-refractivity contribution in [2.24, 2.45) is 17.8 Å². The lowest BCUT2D eigenvalue weighted by molar-refractivity contribution is 0.155. The molecule has 1 aromatic rings. The Morgan fingerprint density at radius 3 is 1.96 bits per heavy atom. The molecule has 2 saturated carbocycles. The van der Waals surface area contributed by atoms with Crippen LogP contribution in [0.1, 0.15) is 95.5 Å². The van der Waals surface area contributed by atoms with Crippen LogP contribution >= 0.6 is 0 Å². The lowest BCUT2D eigenvalue weighted by Gasteiger charge is -2.38. The van der Waals surface area contributed by atoms with Crippen LogP contribution in [0.3, 0.4) is 0 Å². The maximum Gasteiger partial charge on any atom is 0.0314 e. The summed E-state index contributed by atoms with van der Waals surface area (Å²) in [7, 11) is 0. The Morgan fingerprint density at radius 2 is 1.38 bits per heavy atom. The third-order valence-electron chi connectivity index (χ3n) is 6.95. The molecule has 2 aliphatic carbocycles. The Kier molecular flexibility index (Phi) is 6.63. The van der Waals surface area contributed by atoms with Crippen LogP contribution in [0.4, 0.5) is 5.69 Å². The summed E-state index contributed by atoms with van der Waals surface area (Å²) >= 11 is 0. The van der Waals surface area contributed by atoms with Crippen LogP contribution in [0.2, 0.25) is 0 Å². The van der Waals surface area contributed by atoms with Crippen molar-refractivity contribution < 1.29 is 0 Å². The molecule has 0 saturated heterocycles. The van der Waals surface area contributed by atoms with E-state index in [-0.39, 0.29) is 0 Å². The monoisotopic (exact) mass is 327 g/mol. The minimum atomic E-state index is 0.784. The highest BCUT2D eigenvalue weighted by molar-refractivity contribution is 5.40. The normalized spacial score (nSPS) is 31.0. The summed E-state index contributed by atoms with van der Waals surface area (Å²) in [6.45, 7) is 2.32. The molecule has 0 spiro atoms. The Morgan fingerprint density at radius 1 is 0.792 bits per heavy atom. The maximum atomic E-state index is 5.83. The third-order valence-corrected chi connectivity index (χ3v) is 6.95. The standard InChI is InChI=1S/C23H37N/c1-2-3-4-5-18-6-8-19(9-7-18)20-10-12-21(13-11-20)22-14-16-23(24)17-15-22/h14-21H,2-13,24H2,1H3/t18?,19?,20-,21-. The van der Waals surface area contributed by atoms with Gasteiger partial charge in [-0.1, -0.05) is 57.6 Å². The van der Waals surface area contributed by atoms with Crippen LogP contribution in [0.15, 0.2) is 24.3 Å². The second-order valence-electron chi connectivity index (χ2n) is 8.55. The van der Waals surface area contributed by atoms with Crippen molar-refractivity contribution in [2.45, 2.75) is 89.9 Å². The van der Waals surface area contributed by atoms with Crippen LogP contribution in [0.5, 0.6) is 0 Å². The molecule has 2 fully saturated rings. The van der Waals surface area contributed by atoms with Crippen molar-refractivity contribution >= 4 is 5.69 Å². The lowest BCUT2D eigenvalue weighted by Crippen LogP contribution is -2.25. The van der Waals surface area contributed by atoms with E-state index >= 15 is 0 Å². The van der Waals surface area contributed by atoms with Gasteiger partial charge in [-0.25, -0.2) is 0 Å². The predicted molar refractivity (Wildman–Crippen MR) is 105 cm³/mol. The first-order valence-electron chi connectivity index (χ1n) is 10.6. The highest BCUT2D eigenvalue weighted by atomic mass is 14.5. The van der Waals surface area contributed by atoms with Crippen molar-refractivity contribution in [3.8, 4) is 0 Å². The molecule has 0 bridgehead atoms. The van der Waals surface area contributed by atoms with Crippen molar-refractivity contribution in [3.63, 3.8) is 0 Å². The molecule has 0 aromatic heterocycles. The van der Waals surface area contributed by atoms with E-state index in [1.807, 2.05) is 0 Å². The van der Waals surface area contributed by atoms with Crippen molar-refractivity contribution in [1.82, 2.24) is 0 Å². The average Bonchev–Trinajstić information content (AvgIpc) is 2.63. The van der Waals surface area contributed by atoms with Gasteiger partial charge in [0.05, 0.1) is 0 Å². The average molecular weight is 328 g/mol. The minimum absolute atomic E-state index is 0.784. The fraction of sp³-hybridized carbons (Fsp3) is 0.739. The number of hydrogen-bond acceptors (Lipinski definition) is 1. The molecular weight excluding hydrogens is 290 g/mol. The third kappa shape index (κ3) is 4.77. The number of nitrogens with two attached hydrogens (primary N) is 1. The zero-order valence-electron chi connectivity index (χ0n) is 15.7. The molecule has 1 heteroatoms. The lowest BCUT2D eigenvalue weighted by atomic mass is 9.68. The molecule has 1 nitrogen and oxygen atoms in total. The van der Waals surface area contributed by atoms with Gasteiger partial charge in [0.25, 0.3) is 0 Å². The molecule has 2 N–H and O–H groups in total. The summed E-state index contributed by atoms with van der Waals surface area (Å²) in [5.74, 6) is 3.90. The second-order valence-corrected chi connectivity index (χ2v) is 8.55. The molecule has 0 amide bonds. The van der Waals surface area contributed by atoms with Crippen LogP contribution in [-0.2, 0) is 0 Å². The highest BCUT2D eigenvalue weighted by Gasteiger charge is 2.31. The van der Waals surface area contributed by atoms with Crippen LogP contribution < -0.4 is 5.73 Å². The van der Waals surface area contributed by atoms with E-state index in [0.29, 0.717) is 0 Å². The fourth-order valence-corrected chi connectivity index (χ4v) is 5.32. The van der Waals surface area contributed by atoms with Crippen LogP contribution in [0.25, 0.3) is 0 Å². The molecule has 0 atom stereocenters.